The number of aliphatic carboxylic acids is 1. The smallest absolute Gasteiger partial charge is 0.303 e. The summed E-state index contributed by atoms with van der Waals surface area (Å²) in [6.45, 7) is 2.76. The monoisotopic (exact) mass is 297 g/mol. The van der Waals surface area contributed by atoms with Gasteiger partial charge in [0.1, 0.15) is 0 Å². The Hall–Kier alpha value is -1.36. The number of carboxylic acids is 1. The highest BCUT2D eigenvalue weighted by atomic mass is 16.4. The van der Waals surface area contributed by atoms with Gasteiger partial charge in [-0.2, -0.15) is 0 Å². The molecule has 1 aliphatic heterocycles. The number of likely N-dealkylation sites (tertiary alicyclic amines) is 1. The van der Waals surface area contributed by atoms with E-state index in [4.69, 9.17) is 5.11 Å². The zero-order valence-electron chi connectivity index (χ0n) is 12.8. The molecule has 0 aromatic carbocycles. The molecule has 21 heavy (non-hydrogen) atoms. The largest absolute Gasteiger partial charge is 0.481 e. The molecule has 0 aromatic rings. The molecule has 2 unspecified atom stereocenters. The number of aliphatic hydroxyl groups excluding tert-OH is 1. The Morgan fingerprint density at radius 3 is 2.71 bits per heavy atom. The maximum Gasteiger partial charge on any atom is 0.303 e. The van der Waals surface area contributed by atoms with E-state index in [0.29, 0.717) is 12.8 Å². The lowest BCUT2D eigenvalue weighted by Gasteiger charge is -2.39. The summed E-state index contributed by atoms with van der Waals surface area (Å²) >= 11 is 0. The Morgan fingerprint density at radius 2 is 2.10 bits per heavy atom. The van der Waals surface area contributed by atoms with Gasteiger partial charge in [0.25, 0.3) is 0 Å². The number of unbranched alkanes of at least 4 members (excludes halogenated alkanes) is 3. The molecule has 1 amide bonds. The Labute approximate surface area is 126 Å². The lowest BCUT2D eigenvalue weighted by molar-refractivity contribution is -0.143. The molecular weight excluding hydrogens is 270 g/mol. The Morgan fingerprint density at radius 1 is 1.38 bits per heavy atom. The quantitative estimate of drug-likeness (QED) is 0.348. The van der Waals surface area contributed by atoms with Crippen molar-refractivity contribution in [3.63, 3.8) is 0 Å². The van der Waals surface area contributed by atoms with E-state index >= 15 is 0 Å². The number of carbonyl (C=O) groups excluding carboxylic acids is 1. The molecule has 0 aromatic heterocycles. The average Bonchev–Trinajstić information content (AvgIpc) is 2.42. The molecule has 1 saturated heterocycles. The standard InChI is InChI=1S/C16H27NO4/c1-2-7-14(18)10-9-13-12-15(19)17(13)11-6-4-3-5-8-16(20)21/h9-10,13-14,18H,2-8,11-12H2,1H3,(H,20,21)/b10-9+. The first-order valence-corrected chi connectivity index (χ1v) is 7.92. The van der Waals surface area contributed by atoms with E-state index in [9.17, 15) is 14.7 Å². The second-order valence-electron chi connectivity index (χ2n) is 5.66. The van der Waals surface area contributed by atoms with E-state index in [1.54, 1.807) is 6.08 Å². The summed E-state index contributed by atoms with van der Waals surface area (Å²) in [4.78, 5) is 23.8. The summed E-state index contributed by atoms with van der Waals surface area (Å²) in [7, 11) is 0. The maximum atomic E-state index is 11.6. The van der Waals surface area contributed by atoms with Crippen molar-refractivity contribution in [2.75, 3.05) is 6.54 Å². The van der Waals surface area contributed by atoms with Crippen LogP contribution >= 0.6 is 0 Å². The molecule has 1 aliphatic rings. The fourth-order valence-corrected chi connectivity index (χ4v) is 2.50. The van der Waals surface area contributed by atoms with Crippen LogP contribution in [-0.2, 0) is 9.59 Å². The first kappa shape index (κ1) is 17.7. The van der Waals surface area contributed by atoms with Crippen LogP contribution in [0.5, 0.6) is 0 Å². The third kappa shape index (κ3) is 6.76. The van der Waals surface area contributed by atoms with Crippen LogP contribution < -0.4 is 0 Å². The molecule has 0 aliphatic carbocycles. The van der Waals surface area contributed by atoms with Crippen LogP contribution in [0.2, 0.25) is 0 Å². The molecular formula is C16H27NO4. The molecule has 0 radical (unpaired) electrons. The number of aliphatic hydroxyl groups is 1. The fourth-order valence-electron chi connectivity index (χ4n) is 2.50. The van der Waals surface area contributed by atoms with Gasteiger partial charge in [0.15, 0.2) is 0 Å². The van der Waals surface area contributed by atoms with E-state index in [-0.39, 0.29) is 18.4 Å². The minimum absolute atomic E-state index is 0.128. The average molecular weight is 297 g/mol. The third-order valence-electron chi connectivity index (χ3n) is 3.78. The molecule has 0 saturated carbocycles. The predicted octanol–water partition coefficient (Wildman–Crippen LogP) is 2.34. The highest BCUT2D eigenvalue weighted by Gasteiger charge is 2.33. The van der Waals surface area contributed by atoms with Gasteiger partial charge in [-0.1, -0.05) is 38.3 Å². The third-order valence-corrected chi connectivity index (χ3v) is 3.78. The number of amides is 1. The van der Waals surface area contributed by atoms with Crippen molar-refractivity contribution < 1.29 is 19.8 Å². The van der Waals surface area contributed by atoms with Gasteiger partial charge in [0, 0.05) is 13.0 Å². The van der Waals surface area contributed by atoms with E-state index in [2.05, 4.69) is 0 Å². The summed E-state index contributed by atoms with van der Waals surface area (Å²) in [5, 5.41) is 18.2. The van der Waals surface area contributed by atoms with Gasteiger partial charge < -0.3 is 15.1 Å². The number of β-lactam (4-membered cyclic amide) rings is 1. The van der Waals surface area contributed by atoms with Crippen LogP contribution in [0.4, 0.5) is 0 Å². The van der Waals surface area contributed by atoms with Crippen molar-refractivity contribution in [1.82, 2.24) is 4.90 Å². The first-order chi connectivity index (χ1) is 10.0. The highest BCUT2D eigenvalue weighted by Crippen LogP contribution is 2.21. The molecule has 5 heteroatoms. The summed E-state index contributed by atoms with van der Waals surface area (Å²) in [6.07, 6.45) is 9.22. The van der Waals surface area contributed by atoms with Gasteiger partial charge in [-0.25, -0.2) is 0 Å². The topological polar surface area (TPSA) is 77.8 Å². The van der Waals surface area contributed by atoms with Crippen LogP contribution in [0.15, 0.2) is 12.2 Å². The SMILES string of the molecule is CCCC(O)/C=C/C1CC(=O)N1CCCCCCC(=O)O. The lowest BCUT2D eigenvalue weighted by atomic mass is 9.99. The number of carboxylic acid groups (broad SMARTS) is 1. The van der Waals surface area contributed by atoms with E-state index in [0.717, 1.165) is 38.6 Å². The maximum absolute atomic E-state index is 11.6. The number of rotatable bonds is 11. The Balaban J connectivity index is 2.17. The van der Waals surface area contributed by atoms with Gasteiger partial charge in [-0.15, -0.1) is 0 Å². The van der Waals surface area contributed by atoms with Gasteiger partial charge in [-0.3, -0.25) is 9.59 Å². The second kappa shape index (κ2) is 9.55. The van der Waals surface area contributed by atoms with Crippen LogP contribution in [-0.4, -0.2) is 45.7 Å². The Kier molecular flexibility index (Phi) is 8.05. The zero-order chi connectivity index (χ0) is 15.7. The predicted molar refractivity (Wildman–Crippen MR) is 80.9 cm³/mol. The molecule has 1 heterocycles. The summed E-state index contributed by atoms with van der Waals surface area (Å²) in [5.74, 6) is -0.580. The summed E-state index contributed by atoms with van der Waals surface area (Å²) in [6, 6.07) is 0.128. The van der Waals surface area contributed by atoms with Crippen molar-refractivity contribution in [1.29, 1.82) is 0 Å². The number of nitrogens with zero attached hydrogens (tertiary/aromatic N) is 1. The minimum Gasteiger partial charge on any atom is -0.481 e. The summed E-state index contributed by atoms with van der Waals surface area (Å²) < 4.78 is 0. The van der Waals surface area contributed by atoms with Crippen molar-refractivity contribution >= 4 is 11.9 Å². The molecule has 1 fully saturated rings. The molecule has 1 rings (SSSR count). The van der Waals surface area contributed by atoms with E-state index in [1.165, 1.54) is 0 Å². The molecule has 120 valence electrons. The fraction of sp³-hybridized carbons (Fsp3) is 0.750. The van der Waals surface area contributed by atoms with Crippen LogP contribution in [0, 0.1) is 0 Å². The zero-order valence-corrected chi connectivity index (χ0v) is 12.8. The number of hydrogen-bond donors (Lipinski definition) is 2. The van der Waals surface area contributed by atoms with Gasteiger partial charge in [0.05, 0.1) is 18.6 Å². The lowest BCUT2D eigenvalue weighted by Crippen LogP contribution is -2.51. The normalized spacial score (nSPS) is 19.8. The number of hydrogen-bond acceptors (Lipinski definition) is 3. The van der Waals surface area contributed by atoms with Crippen molar-refractivity contribution in [2.24, 2.45) is 0 Å². The molecule has 0 spiro atoms. The minimum atomic E-state index is -0.747. The molecule has 2 N–H and O–H groups in total. The van der Waals surface area contributed by atoms with Gasteiger partial charge in [-0.05, 0) is 19.3 Å². The van der Waals surface area contributed by atoms with Crippen LogP contribution in [0.1, 0.15) is 58.3 Å². The van der Waals surface area contributed by atoms with Gasteiger partial charge >= 0.3 is 5.97 Å². The molecule has 0 bridgehead atoms. The van der Waals surface area contributed by atoms with E-state index in [1.807, 2.05) is 17.9 Å². The van der Waals surface area contributed by atoms with Crippen molar-refractivity contribution in [2.45, 2.75) is 70.4 Å². The molecule has 2 atom stereocenters. The van der Waals surface area contributed by atoms with Gasteiger partial charge in [0.2, 0.25) is 5.91 Å². The first-order valence-electron chi connectivity index (χ1n) is 7.92. The number of carbonyl (C=O) groups is 2. The van der Waals surface area contributed by atoms with Crippen molar-refractivity contribution in [3.8, 4) is 0 Å². The van der Waals surface area contributed by atoms with E-state index < -0.39 is 12.1 Å². The van der Waals surface area contributed by atoms with Crippen LogP contribution in [0.3, 0.4) is 0 Å². The second-order valence-corrected chi connectivity index (χ2v) is 5.66. The molecule has 5 nitrogen and oxygen atoms in total. The van der Waals surface area contributed by atoms with Crippen LogP contribution in [0.25, 0.3) is 0 Å². The Bertz CT molecular complexity index is 367. The summed E-state index contributed by atoms with van der Waals surface area (Å²) in [5.41, 5.74) is 0. The highest BCUT2D eigenvalue weighted by molar-refractivity contribution is 5.83. The van der Waals surface area contributed by atoms with Crippen molar-refractivity contribution in [3.05, 3.63) is 12.2 Å².